The Morgan fingerprint density at radius 2 is 2.31 bits per heavy atom. The number of fused-ring (bicyclic) bond motifs is 1. The zero-order valence-electron chi connectivity index (χ0n) is 6.91. The maximum atomic E-state index is 10.7. The minimum atomic E-state index is -0.993. The van der Waals surface area contributed by atoms with Gasteiger partial charge in [0.2, 0.25) is 0 Å². The minimum Gasteiger partial charge on any atom is -0.493 e. The van der Waals surface area contributed by atoms with Gasteiger partial charge in [-0.05, 0) is 11.6 Å². The van der Waals surface area contributed by atoms with E-state index in [1.165, 1.54) is 0 Å². The Kier molecular flexibility index (Phi) is 1.62. The van der Waals surface area contributed by atoms with E-state index >= 15 is 0 Å². The third-order valence-corrected chi connectivity index (χ3v) is 2.09. The van der Waals surface area contributed by atoms with Gasteiger partial charge >= 0.3 is 5.97 Å². The third-order valence-electron chi connectivity index (χ3n) is 2.09. The Balaban J connectivity index is 2.55. The van der Waals surface area contributed by atoms with Gasteiger partial charge in [-0.25, -0.2) is 4.79 Å². The van der Waals surface area contributed by atoms with Crippen LogP contribution >= 0.6 is 0 Å². The number of hydrogen-bond donors (Lipinski definition) is 2. The number of rotatable bonds is 1. The summed E-state index contributed by atoms with van der Waals surface area (Å²) in [6, 6.07) is 3.16. The SMILES string of the molecule is Nc1cc2c(cc1C(=O)O)CCO2. The van der Waals surface area contributed by atoms with Crippen molar-refractivity contribution in [2.75, 3.05) is 12.3 Å². The molecule has 0 amide bonds. The van der Waals surface area contributed by atoms with Gasteiger partial charge in [0.15, 0.2) is 0 Å². The van der Waals surface area contributed by atoms with Crippen molar-refractivity contribution in [2.45, 2.75) is 6.42 Å². The number of ether oxygens (including phenoxy) is 1. The summed E-state index contributed by atoms with van der Waals surface area (Å²) in [5.74, 6) is -0.283. The van der Waals surface area contributed by atoms with Crippen molar-refractivity contribution in [1.82, 2.24) is 0 Å². The van der Waals surface area contributed by atoms with Gasteiger partial charge in [0.25, 0.3) is 0 Å². The Labute approximate surface area is 74.9 Å². The fraction of sp³-hybridized carbons (Fsp3) is 0.222. The summed E-state index contributed by atoms with van der Waals surface area (Å²) < 4.78 is 5.24. The number of benzene rings is 1. The van der Waals surface area contributed by atoms with E-state index in [9.17, 15) is 4.79 Å². The van der Waals surface area contributed by atoms with Crippen LogP contribution in [0.3, 0.4) is 0 Å². The number of aromatic carboxylic acids is 1. The second-order valence-corrected chi connectivity index (χ2v) is 2.95. The average Bonchev–Trinajstić information content (AvgIpc) is 2.48. The van der Waals surface area contributed by atoms with Crippen LogP contribution in [0.5, 0.6) is 5.75 Å². The van der Waals surface area contributed by atoms with Gasteiger partial charge in [0, 0.05) is 18.2 Å². The van der Waals surface area contributed by atoms with Gasteiger partial charge in [-0.15, -0.1) is 0 Å². The topological polar surface area (TPSA) is 72.6 Å². The van der Waals surface area contributed by atoms with Gasteiger partial charge in [-0.2, -0.15) is 0 Å². The summed E-state index contributed by atoms with van der Waals surface area (Å²) in [6.45, 7) is 0.609. The molecule has 0 spiro atoms. The lowest BCUT2D eigenvalue weighted by Crippen LogP contribution is -2.02. The predicted octanol–water partition coefficient (Wildman–Crippen LogP) is 0.902. The molecule has 0 saturated carbocycles. The van der Waals surface area contributed by atoms with Crippen LogP contribution in [0.4, 0.5) is 5.69 Å². The number of hydrogen-bond acceptors (Lipinski definition) is 3. The number of carbonyl (C=O) groups is 1. The van der Waals surface area contributed by atoms with Crippen molar-refractivity contribution >= 4 is 11.7 Å². The predicted molar refractivity (Wildman–Crippen MR) is 47.0 cm³/mol. The fourth-order valence-corrected chi connectivity index (χ4v) is 1.43. The largest absolute Gasteiger partial charge is 0.493 e. The van der Waals surface area contributed by atoms with Crippen LogP contribution in [0.25, 0.3) is 0 Å². The van der Waals surface area contributed by atoms with Crippen LogP contribution in [0.15, 0.2) is 12.1 Å². The van der Waals surface area contributed by atoms with Gasteiger partial charge in [0.05, 0.1) is 12.2 Å². The van der Waals surface area contributed by atoms with E-state index in [0.717, 1.165) is 12.0 Å². The van der Waals surface area contributed by atoms with Crippen LogP contribution in [0.1, 0.15) is 15.9 Å². The summed E-state index contributed by atoms with van der Waals surface area (Å²) in [5.41, 5.74) is 6.87. The van der Waals surface area contributed by atoms with Crippen LogP contribution in [0.2, 0.25) is 0 Å². The lowest BCUT2D eigenvalue weighted by molar-refractivity contribution is 0.0698. The van der Waals surface area contributed by atoms with E-state index in [4.69, 9.17) is 15.6 Å². The molecule has 1 aromatic rings. The van der Waals surface area contributed by atoms with Crippen molar-refractivity contribution in [1.29, 1.82) is 0 Å². The molecule has 1 heterocycles. The molecule has 4 heteroatoms. The number of carboxylic acids is 1. The highest BCUT2D eigenvalue weighted by molar-refractivity contribution is 5.94. The average molecular weight is 179 g/mol. The van der Waals surface area contributed by atoms with Crippen molar-refractivity contribution in [2.24, 2.45) is 0 Å². The normalized spacial score (nSPS) is 13.5. The first-order chi connectivity index (χ1) is 6.18. The Hall–Kier alpha value is -1.71. The lowest BCUT2D eigenvalue weighted by Gasteiger charge is -2.03. The Morgan fingerprint density at radius 1 is 1.54 bits per heavy atom. The van der Waals surface area contributed by atoms with E-state index < -0.39 is 5.97 Å². The summed E-state index contributed by atoms with van der Waals surface area (Å²) in [4.78, 5) is 10.7. The lowest BCUT2D eigenvalue weighted by atomic mass is 10.1. The monoisotopic (exact) mass is 179 g/mol. The van der Waals surface area contributed by atoms with Crippen molar-refractivity contribution < 1.29 is 14.6 Å². The molecule has 0 saturated heterocycles. The molecule has 1 aliphatic heterocycles. The molecule has 0 aliphatic carbocycles. The number of nitrogen functional groups attached to an aromatic ring is 1. The van der Waals surface area contributed by atoms with E-state index in [1.807, 2.05) is 0 Å². The zero-order chi connectivity index (χ0) is 9.42. The Bertz CT molecular complexity index is 373. The molecule has 0 atom stereocenters. The quantitative estimate of drug-likeness (QED) is 0.628. The van der Waals surface area contributed by atoms with E-state index in [0.29, 0.717) is 12.4 Å². The molecule has 0 bridgehead atoms. The van der Waals surface area contributed by atoms with E-state index in [1.54, 1.807) is 12.1 Å². The zero-order valence-corrected chi connectivity index (χ0v) is 6.91. The van der Waals surface area contributed by atoms with Crippen molar-refractivity contribution in [3.05, 3.63) is 23.3 Å². The second-order valence-electron chi connectivity index (χ2n) is 2.95. The van der Waals surface area contributed by atoms with Gasteiger partial charge in [-0.1, -0.05) is 0 Å². The van der Waals surface area contributed by atoms with E-state index in [2.05, 4.69) is 0 Å². The highest BCUT2D eigenvalue weighted by Crippen LogP contribution is 2.29. The molecule has 0 unspecified atom stereocenters. The smallest absolute Gasteiger partial charge is 0.337 e. The molecule has 68 valence electrons. The third kappa shape index (κ3) is 1.20. The standard InChI is InChI=1S/C9H9NO3/c10-7-4-8-5(1-2-13-8)3-6(7)9(11)12/h3-4H,1-2,10H2,(H,11,12). The molecule has 13 heavy (non-hydrogen) atoms. The molecule has 1 aliphatic rings. The van der Waals surface area contributed by atoms with Crippen LogP contribution in [-0.4, -0.2) is 17.7 Å². The molecule has 0 fully saturated rings. The first-order valence-corrected chi connectivity index (χ1v) is 3.97. The molecular weight excluding hydrogens is 170 g/mol. The van der Waals surface area contributed by atoms with Gasteiger partial charge < -0.3 is 15.6 Å². The highest BCUT2D eigenvalue weighted by Gasteiger charge is 2.17. The molecule has 2 rings (SSSR count). The second kappa shape index (κ2) is 2.65. The number of nitrogens with two attached hydrogens (primary N) is 1. The summed E-state index contributed by atoms with van der Waals surface area (Å²) >= 11 is 0. The van der Waals surface area contributed by atoms with Crippen molar-refractivity contribution in [3.63, 3.8) is 0 Å². The maximum Gasteiger partial charge on any atom is 0.337 e. The van der Waals surface area contributed by atoms with Gasteiger partial charge in [-0.3, -0.25) is 0 Å². The van der Waals surface area contributed by atoms with Crippen molar-refractivity contribution in [3.8, 4) is 5.75 Å². The summed E-state index contributed by atoms with van der Waals surface area (Å²) in [5, 5.41) is 8.78. The maximum absolute atomic E-state index is 10.7. The minimum absolute atomic E-state index is 0.157. The highest BCUT2D eigenvalue weighted by atomic mass is 16.5. The fourth-order valence-electron chi connectivity index (χ4n) is 1.43. The molecule has 1 aromatic carbocycles. The molecular formula is C9H9NO3. The van der Waals surface area contributed by atoms with Crippen LogP contribution in [-0.2, 0) is 6.42 Å². The number of anilines is 1. The van der Waals surface area contributed by atoms with E-state index in [-0.39, 0.29) is 11.3 Å². The van der Waals surface area contributed by atoms with Crippen LogP contribution < -0.4 is 10.5 Å². The summed E-state index contributed by atoms with van der Waals surface area (Å²) in [7, 11) is 0. The first-order valence-electron chi connectivity index (χ1n) is 3.97. The van der Waals surface area contributed by atoms with Crippen LogP contribution in [0, 0.1) is 0 Å². The molecule has 4 nitrogen and oxygen atoms in total. The van der Waals surface area contributed by atoms with Gasteiger partial charge in [0.1, 0.15) is 5.75 Å². The Morgan fingerprint density at radius 3 is 3.00 bits per heavy atom. The summed E-state index contributed by atoms with van der Waals surface area (Å²) in [6.07, 6.45) is 0.760. The molecule has 3 N–H and O–H groups in total. The number of carboxylic acid groups (broad SMARTS) is 1. The first kappa shape index (κ1) is 7.91. The molecule has 0 aromatic heterocycles. The molecule has 0 radical (unpaired) electrons.